The molecule has 6 rings (SSSR count). The van der Waals surface area contributed by atoms with E-state index >= 15 is 0 Å². The standard InChI is InChI=1S/C29H29N7O/c1-21-9-8-12-23-19-25(29(37)30-26(21)23)27(28-31-32-33-36(28)20-22-10-4-2-5-11-22)35-17-15-34(16-18-35)24-13-6-3-7-14-24/h2-14,19,27H,15-18,20H2,1H3,(H,30,37)/t27-/m0/s1. The van der Waals surface area contributed by atoms with E-state index in [1.807, 2.05) is 60.1 Å². The molecule has 0 unspecified atom stereocenters. The second kappa shape index (κ2) is 9.99. The first-order chi connectivity index (χ1) is 18.2. The SMILES string of the molecule is Cc1cccc2cc([C@@H](c3nnnn3Cc3ccccc3)N3CCN(c4ccccc4)CC3)c(=O)[nH]c12. The fraction of sp³-hybridized carbons (Fsp3) is 0.241. The number of tetrazole rings is 1. The van der Waals surface area contributed by atoms with Crippen LogP contribution >= 0.6 is 0 Å². The lowest BCUT2D eigenvalue weighted by molar-refractivity contribution is 0.200. The summed E-state index contributed by atoms with van der Waals surface area (Å²) in [6, 6.07) is 28.3. The number of anilines is 1. The number of piperazine rings is 1. The molecule has 2 aromatic heterocycles. The Morgan fingerprint density at radius 2 is 1.62 bits per heavy atom. The predicted molar refractivity (Wildman–Crippen MR) is 145 cm³/mol. The van der Waals surface area contributed by atoms with Crippen LogP contribution in [-0.2, 0) is 6.54 Å². The summed E-state index contributed by atoms with van der Waals surface area (Å²) < 4.78 is 1.82. The highest BCUT2D eigenvalue weighted by Gasteiger charge is 2.32. The van der Waals surface area contributed by atoms with Gasteiger partial charge in [0.2, 0.25) is 0 Å². The van der Waals surface area contributed by atoms with Gasteiger partial charge in [-0.25, -0.2) is 4.68 Å². The van der Waals surface area contributed by atoms with Gasteiger partial charge >= 0.3 is 0 Å². The van der Waals surface area contributed by atoms with E-state index in [2.05, 4.69) is 66.7 Å². The molecule has 1 aliphatic rings. The van der Waals surface area contributed by atoms with Gasteiger partial charge in [0.1, 0.15) is 6.04 Å². The monoisotopic (exact) mass is 491 g/mol. The van der Waals surface area contributed by atoms with Gasteiger partial charge in [-0.1, -0.05) is 66.7 Å². The zero-order valence-corrected chi connectivity index (χ0v) is 20.8. The predicted octanol–water partition coefficient (Wildman–Crippen LogP) is 3.78. The summed E-state index contributed by atoms with van der Waals surface area (Å²) in [5.74, 6) is 0.675. The summed E-state index contributed by atoms with van der Waals surface area (Å²) in [6.45, 7) is 5.82. The Balaban J connectivity index is 1.40. The molecule has 8 nitrogen and oxygen atoms in total. The zero-order chi connectivity index (χ0) is 25.2. The van der Waals surface area contributed by atoms with Crippen molar-refractivity contribution >= 4 is 16.6 Å². The lowest BCUT2D eigenvalue weighted by atomic mass is 10.0. The number of rotatable bonds is 6. The summed E-state index contributed by atoms with van der Waals surface area (Å²) in [6.07, 6.45) is 0. The third-order valence-electron chi connectivity index (χ3n) is 7.19. The number of H-pyrrole nitrogens is 1. The van der Waals surface area contributed by atoms with E-state index in [-0.39, 0.29) is 11.6 Å². The number of benzene rings is 3. The molecule has 3 heterocycles. The normalized spacial score (nSPS) is 15.2. The molecular formula is C29H29N7O. The first kappa shape index (κ1) is 23.1. The molecule has 0 saturated carbocycles. The number of pyridine rings is 1. The first-order valence-corrected chi connectivity index (χ1v) is 12.6. The third-order valence-corrected chi connectivity index (χ3v) is 7.19. The van der Waals surface area contributed by atoms with Crippen LogP contribution in [0.25, 0.3) is 10.9 Å². The van der Waals surface area contributed by atoms with Crippen molar-refractivity contribution in [3.05, 3.63) is 118 Å². The number of aromatic amines is 1. The van der Waals surface area contributed by atoms with Crippen molar-refractivity contribution in [1.29, 1.82) is 0 Å². The van der Waals surface area contributed by atoms with Crippen LogP contribution in [0.4, 0.5) is 5.69 Å². The first-order valence-electron chi connectivity index (χ1n) is 12.6. The average molecular weight is 492 g/mol. The highest BCUT2D eigenvalue weighted by molar-refractivity contribution is 5.82. The molecule has 0 spiro atoms. The average Bonchev–Trinajstić information content (AvgIpc) is 3.39. The van der Waals surface area contributed by atoms with Crippen LogP contribution in [0.5, 0.6) is 0 Å². The third kappa shape index (κ3) is 4.63. The van der Waals surface area contributed by atoms with Gasteiger partial charge in [-0.2, -0.15) is 0 Å². The number of hydrogen-bond acceptors (Lipinski definition) is 6. The Bertz CT molecular complexity index is 1550. The van der Waals surface area contributed by atoms with Gasteiger partial charge < -0.3 is 9.88 Å². The van der Waals surface area contributed by atoms with E-state index in [1.165, 1.54) is 5.69 Å². The van der Waals surface area contributed by atoms with Gasteiger partial charge in [0.25, 0.3) is 5.56 Å². The maximum absolute atomic E-state index is 13.5. The molecule has 1 N–H and O–H groups in total. The minimum absolute atomic E-state index is 0.105. The number of aromatic nitrogens is 5. The highest BCUT2D eigenvalue weighted by Crippen LogP contribution is 2.29. The Hall–Kier alpha value is -4.30. The minimum atomic E-state index is -0.370. The topological polar surface area (TPSA) is 82.9 Å². The largest absolute Gasteiger partial charge is 0.369 e. The Morgan fingerprint density at radius 3 is 2.38 bits per heavy atom. The van der Waals surface area contributed by atoms with Crippen LogP contribution in [0, 0.1) is 6.92 Å². The van der Waals surface area contributed by atoms with Crippen molar-refractivity contribution in [3.63, 3.8) is 0 Å². The summed E-state index contributed by atoms with van der Waals surface area (Å²) in [5.41, 5.74) is 4.79. The summed E-state index contributed by atoms with van der Waals surface area (Å²) in [5, 5.41) is 13.8. The van der Waals surface area contributed by atoms with Gasteiger partial charge in [0.15, 0.2) is 5.82 Å². The van der Waals surface area contributed by atoms with Crippen molar-refractivity contribution in [1.82, 2.24) is 30.1 Å². The van der Waals surface area contributed by atoms with Crippen LogP contribution in [0.3, 0.4) is 0 Å². The maximum Gasteiger partial charge on any atom is 0.253 e. The minimum Gasteiger partial charge on any atom is -0.369 e. The molecule has 0 amide bonds. The lowest BCUT2D eigenvalue weighted by Crippen LogP contribution is -2.49. The molecule has 37 heavy (non-hydrogen) atoms. The molecular weight excluding hydrogens is 462 g/mol. The number of para-hydroxylation sites is 2. The van der Waals surface area contributed by atoms with E-state index in [4.69, 9.17) is 0 Å². The van der Waals surface area contributed by atoms with E-state index < -0.39 is 0 Å². The molecule has 1 aliphatic heterocycles. The molecule has 0 bridgehead atoms. The van der Waals surface area contributed by atoms with Crippen LogP contribution in [0.2, 0.25) is 0 Å². The van der Waals surface area contributed by atoms with Gasteiger partial charge in [-0.3, -0.25) is 9.69 Å². The van der Waals surface area contributed by atoms with Crippen LogP contribution in [-0.4, -0.2) is 56.3 Å². The second-order valence-corrected chi connectivity index (χ2v) is 9.53. The van der Waals surface area contributed by atoms with Gasteiger partial charge in [0, 0.05) is 37.4 Å². The molecule has 3 aromatic carbocycles. The van der Waals surface area contributed by atoms with Crippen molar-refractivity contribution in [3.8, 4) is 0 Å². The number of nitrogens with zero attached hydrogens (tertiary/aromatic N) is 6. The fourth-order valence-corrected chi connectivity index (χ4v) is 5.26. The number of hydrogen-bond donors (Lipinski definition) is 1. The highest BCUT2D eigenvalue weighted by atomic mass is 16.1. The van der Waals surface area contributed by atoms with Gasteiger partial charge in [-0.05, 0) is 52.1 Å². The van der Waals surface area contributed by atoms with Gasteiger partial charge in [0.05, 0.1) is 12.1 Å². The molecule has 1 saturated heterocycles. The summed E-state index contributed by atoms with van der Waals surface area (Å²) in [4.78, 5) is 21.4. The summed E-state index contributed by atoms with van der Waals surface area (Å²) in [7, 11) is 0. The number of nitrogens with one attached hydrogen (secondary N) is 1. The maximum atomic E-state index is 13.5. The Kier molecular flexibility index (Phi) is 6.24. The second-order valence-electron chi connectivity index (χ2n) is 9.53. The smallest absolute Gasteiger partial charge is 0.253 e. The molecule has 8 heteroatoms. The quantitative estimate of drug-likeness (QED) is 0.389. The van der Waals surface area contributed by atoms with E-state index in [0.29, 0.717) is 17.9 Å². The molecule has 0 radical (unpaired) electrons. The van der Waals surface area contributed by atoms with Crippen LogP contribution < -0.4 is 10.5 Å². The van der Waals surface area contributed by atoms with E-state index in [1.54, 1.807) is 0 Å². The van der Waals surface area contributed by atoms with Crippen LogP contribution in [0.15, 0.2) is 89.7 Å². The molecule has 0 aliphatic carbocycles. The Labute approximate surface area is 215 Å². The van der Waals surface area contributed by atoms with Crippen molar-refractivity contribution in [2.45, 2.75) is 19.5 Å². The van der Waals surface area contributed by atoms with Crippen molar-refractivity contribution in [2.75, 3.05) is 31.1 Å². The van der Waals surface area contributed by atoms with Crippen molar-refractivity contribution in [2.24, 2.45) is 0 Å². The number of fused-ring (bicyclic) bond motifs is 1. The summed E-state index contributed by atoms with van der Waals surface area (Å²) >= 11 is 0. The number of aryl methyl sites for hydroxylation is 1. The molecule has 1 atom stereocenters. The molecule has 1 fully saturated rings. The molecule has 186 valence electrons. The molecule has 5 aromatic rings. The van der Waals surface area contributed by atoms with E-state index in [9.17, 15) is 4.79 Å². The lowest BCUT2D eigenvalue weighted by Gasteiger charge is -2.39. The fourth-order valence-electron chi connectivity index (χ4n) is 5.26. The Morgan fingerprint density at radius 1 is 0.892 bits per heavy atom. The van der Waals surface area contributed by atoms with Crippen molar-refractivity contribution < 1.29 is 0 Å². The van der Waals surface area contributed by atoms with Gasteiger partial charge in [-0.15, -0.1) is 5.10 Å². The van der Waals surface area contributed by atoms with Crippen LogP contribution in [0.1, 0.15) is 28.6 Å². The van der Waals surface area contributed by atoms with E-state index in [0.717, 1.165) is 48.2 Å². The zero-order valence-electron chi connectivity index (χ0n) is 20.8.